The van der Waals surface area contributed by atoms with Gasteiger partial charge in [0.15, 0.2) is 15.9 Å². The molecule has 0 bridgehead atoms. The maximum Gasteiger partial charge on any atom is 0.338 e. The standard InChI is InChI=1S/C13H17NO5S/c1-9(12(15)14-2)19-13(16)11-6-4-10(5-7-11)8-20(3,17)18/h4-7,9H,8H2,1-3H3,(H,14,15)/t9-/m0/s1. The number of hydrogen-bond donors (Lipinski definition) is 1. The number of amides is 1. The summed E-state index contributed by atoms with van der Waals surface area (Å²) in [5.74, 6) is -1.11. The Morgan fingerprint density at radius 2 is 1.80 bits per heavy atom. The summed E-state index contributed by atoms with van der Waals surface area (Å²) in [6.45, 7) is 1.47. The van der Waals surface area contributed by atoms with Crippen LogP contribution in [0.3, 0.4) is 0 Å². The Hall–Kier alpha value is -1.89. The number of sulfone groups is 1. The minimum atomic E-state index is -3.11. The van der Waals surface area contributed by atoms with Crippen LogP contribution in [0.4, 0.5) is 0 Å². The molecule has 0 heterocycles. The van der Waals surface area contributed by atoms with Gasteiger partial charge < -0.3 is 10.1 Å². The van der Waals surface area contributed by atoms with Gasteiger partial charge in [0, 0.05) is 13.3 Å². The van der Waals surface area contributed by atoms with E-state index in [-0.39, 0.29) is 11.3 Å². The number of carbonyl (C=O) groups excluding carboxylic acids is 2. The second-order valence-electron chi connectivity index (χ2n) is 4.43. The van der Waals surface area contributed by atoms with Crippen LogP contribution >= 0.6 is 0 Å². The van der Waals surface area contributed by atoms with Crippen molar-refractivity contribution in [3.8, 4) is 0 Å². The van der Waals surface area contributed by atoms with Crippen LogP contribution in [0.1, 0.15) is 22.8 Å². The van der Waals surface area contributed by atoms with Crippen molar-refractivity contribution in [2.45, 2.75) is 18.8 Å². The third-order valence-electron chi connectivity index (χ3n) is 2.52. The molecule has 1 aromatic carbocycles. The molecule has 0 saturated heterocycles. The number of nitrogens with one attached hydrogen (secondary N) is 1. The summed E-state index contributed by atoms with van der Waals surface area (Å²) in [7, 11) is -1.66. The molecule has 0 saturated carbocycles. The summed E-state index contributed by atoms with van der Waals surface area (Å²) >= 11 is 0. The van der Waals surface area contributed by atoms with Crippen LogP contribution < -0.4 is 5.32 Å². The van der Waals surface area contributed by atoms with Gasteiger partial charge in [-0.15, -0.1) is 0 Å². The van der Waals surface area contributed by atoms with E-state index in [9.17, 15) is 18.0 Å². The van der Waals surface area contributed by atoms with Gasteiger partial charge in [-0.1, -0.05) is 12.1 Å². The maximum absolute atomic E-state index is 11.8. The number of likely N-dealkylation sites (N-methyl/N-ethyl adjacent to an activating group) is 1. The van der Waals surface area contributed by atoms with Gasteiger partial charge in [-0.05, 0) is 24.6 Å². The molecule has 0 aliphatic carbocycles. The molecule has 6 nitrogen and oxygen atoms in total. The quantitative estimate of drug-likeness (QED) is 0.801. The predicted octanol–water partition coefficient (Wildman–Crippen LogP) is 0.522. The number of esters is 1. The van der Waals surface area contributed by atoms with Crippen molar-refractivity contribution in [3.05, 3.63) is 35.4 Å². The lowest BCUT2D eigenvalue weighted by atomic mass is 10.1. The Morgan fingerprint density at radius 3 is 2.25 bits per heavy atom. The Labute approximate surface area is 118 Å². The zero-order valence-electron chi connectivity index (χ0n) is 11.5. The van der Waals surface area contributed by atoms with E-state index < -0.39 is 27.8 Å². The van der Waals surface area contributed by atoms with Crippen molar-refractivity contribution in [1.29, 1.82) is 0 Å². The van der Waals surface area contributed by atoms with E-state index in [4.69, 9.17) is 4.74 Å². The Bertz CT molecular complexity index is 592. The number of carbonyl (C=O) groups is 2. The predicted molar refractivity (Wildman–Crippen MR) is 73.9 cm³/mol. The first-order valence-corrected chi connectivity index (χ1v) is 7.98. The summed E-state index contributed by atoms with van der Waals surface area (Å²) in [5, 5.41) is 2.37. The fourth-order valence-electron chi connectivity index (χ4n) is 1.53. The summed E-state index contributed by atoms with van der Waals surface area (Å²) in [6.07, 6.45) is 0.253. The molecule has 0 spiro atoms. The molecule has 0 radical (unpaired) electrons. The number of hydrogen-bond acceptors (Lipinski definition) is 5. The van der Waals surface area contributed by atoms with Crippen LogP contribution in [0, 0.1) is 0 Å². The third kappa shape index (κ3) is 5.00. The SMILES string of the molecule is CNC(=O)[C@H](C)OC(=O)c1ccc(CS(C)(=O)=O)cc1. The smallest absolute Gasteiger partial charge is 0.338 e. The topological polar surface area (TPSA) is 89.5 Å². The van der Waals surface area contributed by atoms with Crippen LogP contribution in [0.5, 0.6) is 0 Å². The van der Waals surface area contributed by atoms with Gasteiger partial charge in [-0.2, -0.15) is 0 Å². The lowest BCUT2D eigenvalue weighted by molar-refractivity contribution is -0.128. The van der Waals surface area contributed by atoms with Crippen LogP contribution in [0.25, 0.3) is 0 Å². The first-order valence-electron chi connectivity index (χ1n) is 5.92. The minimum absolute atomic E-state index is 0.0863. The first kappa shape index (κ1) is 16.2. The van der Waals surface area contributed by atoms with E-state index in [1.807, 2.05) is 0 Å². The molecule has 20 heavy (non-hydrogen) atoms. The van der Waals surface area contributed by atoms with E-state index in [1.165, 1.54) is 26.1 Å². The highest BCUT2D eigenvalue weighted by atomic mass is 32.2. The highest BCUT2D eigenvalue weighted by molar-refractivity contribution is 7.89. The molecule has 0 fully saturated rings. The van der Waals surface area contributed by atoms with Gasteiger partial charge in [0.2, 0.25) is 0 Å². The lowest BCUT2D eigenvalue weighted by Crippen LogP contribution is -2.33. The molecule has 1 aromatic rings. The minimum Gasteiger partial charge on any atom is -0.449 e. The average molecular weight is 299 g/mol. The number of ether oxygens (including phenoxy) is 1. The van der Waals surface area contributed by atoms with Gasteiger partial charge in [-0.25, -0.2) is 13.2 Å². The zero-order chi connectivity index (χ0) is 15.3. The molecule has 1 amide bonds. The maximum atomic E-state index is 11.8. The van der Waals surface area contributed by atoms with Crippen molar-refractivity contribution in [2.24, 2.45) is 0 Å². The molecular weight excluding hydrogens is 282 g/mol. The van der Waals surface area contributed by atoms with Gasteiger partial charge in [0.05, 0.1) is 11.3 Å². The average Bonchev–Trinajstić information content (AvgIpc) is 2.36. The van der Waals surface area contributed by atoms with E-state index in [0.717, 1.165) is 6.26 Å². The third-order valence-corrected chi connectivity index (χ3v) is 3.38. The zero-order valence-corrected chi connectivity index (χ0v) is 12.4. The highest BCUT2D eigenvalue weighted by Gasteiger charge is 2.17. The molecule has 7 heteroatoms. The van der Waals surface area contributed by atoms with Crippen LogP contribution in [0.2, 0.25) is 0 Å². The normalized spacial score (nSPS) is 12.6. The molecule has 0 unspecified atom stereocenters. The van der Waals surface area contributed by atoms with Crippen LogP contribution in [0.15, 0.2) is 24.3 Å². The van der Waals surface area contributed by atoms with Gasteiger partial charge >= 0.3 is 5.97 Å². The summed E-state index contributed by atoms with van der Waals surface area (Å²) in [6, 6.07) is 6.03. The Morgan fingerprint density at radius 1 is 1.25 bits per heavy atom. The molecule has 1 rings (SSSR count). The number of rotatable bonds is 5. The van der Waals surface area contributed by atoms with Crippen molar-refractivity contribution in [1.82, 2.24) is 5.32 Å². The summed E-state index contributed by atoms with van der Waals surface area (Å²) in [5.41, 5.74) is 0.849. The van der Waals surface area contributed by atoms with E-state index in [1.54, 1.807) is 12.1 Å². The fraction of sp³-hybridized carbons (Fsp3) is 0.385. The van der Waals surface area contributed by atoms with Gasteiger partial charge in [-0.3, -0.25) is 4.79 Å². The van der Waals surface area contributed by atoms with Gasteiger partial charge in [0.1, 0.15) is 0 Å². The highest BCUT2D eigenvalue weighted by Crippen LogP contribution is 2.10. The van der Waals surface area contributed by atoms with Crippen LogP contribution in [-0.2, 0) is 25.1 Å². The van der Waals surface area contributed by atoms with Crippen LogP contribution in [-0.4, -0.2) is 39.7 Å². The molecule has 1 N–H and O–H groups in total. The van der Waals surface area contributed by atoms with Crippen molar-refractivity contribution < 1.29 is 22.7 Å². The van der Waals surface area contributed by atoms with E-state index in [2.05, 4.69) is 5.32 Å². The monoisotopic (exact) mass is 299 g/mol. The molecule has 0 aliphatic rings. The molecule has 1 atom stereocenters. The second-order valence-corrected chi connectivity index (χ2v) is 6.57. The largest absolute Gasteiger partial charge is 0.449 e. The Kier molecular flexibility index (Phi) is 5.26. The molecule has 110 valence electrons. The molecule has 0 aliphatic heterocycles. The van der Waals surface area contributed by atoms with Gasteiger partial charge in [0.25, 0.3) is 5.91 Å². The first-order chi connectivity index (χ1) is 9.23. The van der Waals surface area contributed by atoms with Crippen molar-refractivity contribution >= 4 is 21.7 Å². The Balaban J connectivity index is 2.73. The fourth-order valence-corrected chi connectivity index (χ4v) is 2.32. The summed E-state index contributed by atoms with van der Waals surface area (Å²) < 4.78 is 27.2. The molecule has 0 aromatic heterocycles. The second kappa shape index (κ2) is 6.51. The van der Waals surface area contributed by atoms with E-state index >= 15 is 0 Å². The van der Waals surface area contributed by atoms with Crippen molar-refractivity contribution in [2.75, 3.05) is 13.3 Å². The van der Waals surface area contributed by atoms with Crippen molar-refractivity contribution in [3.63, 3.8) is 0 Å². The van der Waals surface area contributed by atoms with E-state index in [0.29, 0.717) is 5.56 Å². The molecular formula is C13H17NO5S. The summed E-state index contributed by atoms with van der Waals surface area (Å²) in [4.78, 5) is 23.0. The lowest BCUT2D eigenvalue weighted by Gasteiger charge is -2.11. The number of benzene rings is 1.